The molecule has 0 N–H and O–H groups in total. The normalized spacial score (nSPS) is 10.2. The Bertz CT molecular complexity index is 555. The molecule has 4 heteroatoms. The van der Waals surface area contributed by atoms with E-state index in [0.717, 1.165) is 17.5 Å². The number of halogens is 1. The summed E-state index contributed by atoms with van der Waals surface area (Å²) in [5.41, 5.74) is 2.23. The van der Waals surface area contributed by atoms with Crippen molar-refractivity contribution in [2.45, 2.75) is 13.3 Å². The first-order valence-corrected chi connectivity index (χ1v) is 5.59. The Labute approximate surface area is 104 Å². The van der Waals surface area contributed by atoms with Crippen LogP contribution in [0.3, 0.4) is 0 Å². The minimum atomic E-state index is 0.412. The lowest BCUT2D eigenvalue weighted by atomic mass is 10.1. The number of aromatic nitrogens is 2. The third-order valence-electron chi connectivity index (χ3n) is 2.29. The van der Waals surface area contributed by atoms with E-state index < -0.39 is 0 Å². The maximum Gasteiger partial charge on any atom is 0.168 e. The Morgan fingerprint density at radius 3 is 2.82 bits per heavy atom. The zero-order valence-electron chi connectivity index (χ0n) is 9.35. The van der Waals surface area contributed by atoms with E-state index in [1.165, 1.54) is 0 Å². The van der Waals surface area contributed by atoms with Gasteiger partial charge in [0, 0.05) is 17.1 Å². The van der Waals surface area contributed by atoms with Gasteiger partial charge in [-0.2, -0.15) is 0 Å². The van der Waals surface area contributed by atoms with Crippen LogP contribution in [0.25, 0.3) is 0 Å². The second kappa shape index (κ2) is 5.06. The van der Waals surface area contributed by atoms with Gasteiger partial charge in [0.1, 0.15) is 11.5 Å². The summed E-state index contributed by atoms with van der Waals surface area (Å²) in [5, 5.41) is 0.686. The predicted octanol–water partition coefficient (Wildman–Crippen LogP) is 2.84. The zero-order valence-corrected chi connectivity index (χ0v) is 10.1. The molecule has 2 aromatic rings. The quantitative estimate of drug-likeness (QED) is 0.782. The second-order valence-electron chi connectivity index (χ2n) is 3.77. The van der Waals surface area contributed by atoms with E-state index in [0.29, 0.717) is 23.0 Å². The van der Waals surface area contributed by atoms with Crippen LogP contribution in [-0.4, -0.2) is 16.3 Å². The molecular weight excluding hydrogens is 236 g/mol. The largest absolute Gasteiger partial charge is 0.296 e. The van der Waals surface area contributed by atoms with Crippen LogP contribution >= 0.6 is 11.6 Å². The number of benzene rings is 1. The molecule has 1 aromatic heterocycles. The van der Waals surface area contributed by atoms with Crippen LogP contribution < -0.4 is 0 Å². The average molecular weight is 247 g/mol. The maximum absolute atomic E-state index is 10.7. The molecule has 0 saturated heterocycles. The maximum atomic E-state index is 10.7. The summed E-state index contributed by atoms with van der Waals surface area (Å²) in [5.74, 6) is 0.634. The second-order valence-corrected chi connectivity index (χ2v) is 4.21. The number of carbonyl (C=O) groups is 1. The number of hydrogen-bond donors (Lipinski definition) is 0. The fourth-order valence-corrected chi connectivity index (χ4v) is 1.84. The fourth-order valence-electron chi connectivity index (χ4n) is 1.63. The molecule has 0 atom stereocenters. The Kier molecular flexibility index (Phi) is 3.49. The summed E-state index contributed by atoms with van der Waals surface area (Å²) in [7, 11) is 0. The van der Waals surface area contributed by atoms with Crippen molar-refractivity contribution in [3.8, 4) is 0 Å². The highest BCUT2D eigenvalue weighted by atomic mass is 35.5. The third kappa shape index (κ3) is 3.11. The first-order chi connectivity index (χ1) is 8.17. The lowest BCUT2D eigenvalue weighted by Gasteiger charge is -2.03. The Morgan fingerprint density at radius 1 is 1.29 bits per heavy atom. The number of rotatable bonds is 3. The van der Waals surface area contributed by atoms with Crippen LogP contribution in [-0.2, 0) is 6.42 Å². The van der Waals surface area contributed by atoms with Crippen molar-refractivity contribution in [1.29, 1.82) is 0 Å². The Balaban J connectivity index is 2.29. The molecule has 0 aliphatic heterocycles. The average Bonchev–Trinajstić information content (AvgIpc) is 2.28. The SMILES string of the molecule is Cc1cc(C=O)nc(Cc2cccc(Cl)c2)n1. The molecule has 3 nitrogen and oxygen atoms in total. The highest BCUT2D eigenvalue weighted by molar-refractivity contribution is 6.30. The summed E-state index contributed by atoms with van der Waals surface area (Å²) >= 11 is 5.90. The standard InChI is InChI=1S/C13H11ClN2O/c1-9-5-12(8-17)16-13(15-9)7-10-3-2-4-11(14)6-10/h2-6,8H,7H2,1H3. The van der Waals surface area contributed by atoms with Gasteiger partial charge in [-0.1, -0.05) is 23.7 Å². The van der Waals surface area contributed by atoms with Crippen molar-refractivity contribution >= 4 is 17.9 Å². The molecule has 17 heavy (non-hydrogen) atoms. The van der Waals surface area contributed by atoms with Crippen molar-refractivity contribution in [3.63, 3.8) is 0 Å². The van der Waals surface area contributed by atoms with E-state index in [9.17, 15) is 4.79 Å². The fraction of sp³-hybridized carbons (Fsp3) is 0.154. The molecule has 0 fully saturated rings. The summed E-state index contributed by atoms with van der Waals surface area (Å²) in [4.78, 5) is 19.2. The molecule has 1 aromatic carbocycles. The van der Waals surface area contributed by atoms with Crippen LogP contribution in [0.1, 0.15) is 27.6 Å². The Hall–Kier alpha value is -1.74. The predicted molar refractivity (Wildman–Crippen MR) is 66.4 cm³/mol. The van der Waals surface area contributed by atoms with Gasteiger partial charge in [0.2, 0.25) is 0 Å². The van der Waals surface area contributed by atoms with Crippen LogP contribution in [0.5, 0.6) is 0 Å². The van der Waals surface area contributed by atoms with Crippen molar-refractivity contribution in [2.75, 3.05) is 0 Å². The van der Waals surface area contributed by atoms with Crippen molar-refractivity contribution in [2.24, 2.45) is 0 Å². The van der Waals surface area contributed by atoms with Crippen LogP contribution in [0.2, 0.25) is 5.02 Å². The van der Waals surface area contributed by atoms with E-state index in [1.54, 1.807) is 6.07 Å². The minimum Gasteiger partial charge on any atom is -0.296 e. The molecule has 0 saturated carbocycles. The smallest absolute Gasteiger partial charge is 0.168 e. The molecular formula is C13H11ClN2O. The first-order valence-electron chi connectivity index (χ1n) is 5.21. The minimum absolute atomic E-state index is 0.412. The van der Waals surface area contributed by atoms with E-state index in [4.69, 9.17) is 11.6 Å². The first kappa shape index (κ1) is 11.7. The van der Waals surface area contributed by atoms with Gasteiger partial charge in [0.05, 0.1) is 0 Å². The molecule has 1 heterocycles. The monoisotopic (exact) mass is 246 g/mol. The number of nitrogens with zero attached hydrogens (tertiary/aromatic N) is 2. The molecule has 0 bridgehead atoms. The van der Waals surface area contributed by atoms with E-state index in [2.05, 4.69) is 9.97 Å². The van der Waals surface area contributed by atoms with E-state index >= 15 is 0 Å². The van der Waals surface area contributed by atoms with Gasteiger partial charge in [-0.15, -0.1) is 0 Å². The number of aldehydes is 1. The van der Waals surface area contributed by atoms with Crippen molar-refractivity contribution < 1.29 is 4.79 Å². The number of carbonyl (C=O) groups excluding carboxylic acids is 1. The summed E-state index contributed by atoms with van der Waals surface area (Å²) < 4.78 is 0. The lowest BCUT2D eigenvalue weighted by Crippen LogP contribution is -2.01. The molecule has 0 amide bonds. The highest BCUT2D eigenvalue weighted by Gasteiger charge is 2.03. The van der Waals surface area contributed by atoms with Gasteiger partial charge in [0.25, 0.3) is 0 Å². The van der Waals surface area contributed by atoms with Crippen LogP contribution in [0, 0.1) is 6.92 Å². The molecule has 0 aliphatic carbocycles. The number of hydrogen-bond acceptors (Lipinski definition) is 3. The van der Waals surface area contributed by atoms with Gasteiger partial charge >= 0.3 is 0 Å². The Morgan fingerprint density at radius 2 is 2.12 bits per heavy atom. The van der Waals surface area contributed by atoms with Gasteiger partial charge < -0.3 is 0 Å². The molecule has 0 unspecified atom stereocenters. The zero-order chi connectivity index (χ0) is 12.3. The van der Waals surface area contributed by atoms with Crippen molar-refractivity contribution in [3.05, 3.63) is 58.1 Å². The van der Waals surface area contributed by atoms with Crippen LogP contribution in [0.15, 0.2) is 30.3 Å². The van der Waals surface area contributed by atoms with E-state index in [-0.39, 0.29) is 0 Å². The number of aryl methyl sites for hydroxylation is 1. The van der Waals surface area contributed by atoms with Gasteiger partial charge in [-0.05, 0) is 30.7 Å². The molecule has 86 valence electrons. The highest BCUT2D eigenvalue weighted by Crippen LogP contribution is 2.13. The third-order valence-corrected chi connectivity index (χ3v) is 2.53. The van der Waals surface area contributed by atoms with Gasteiger partial charge in [0.15, 0.2) is 6.29 Å². The topological polar surface area (TPSA) is 42.9 Å². The van der Waals surface area contributed by atoms with Crippen LogP contribution in [0.4, 0.5) is 0 Å². The summed E-state index contributed by atoms with van der Waals surface area (Å²) in [6.07, 6.45) is 1.30. The molecule has 0 spiro atoms. The van der Waals surface area contributed by atoms with Gasteiger partial charge in [-0.25, -0.2) is 9.97 Å². The van der Waals surface area contributed by atoms with Gasteiger partial charge in [-0.3, -0.25) is 4.79 Å². The summed E-state index contributed by atoms with van der Waals surface area (Å²) in [6.45, 7) is 1.84. The molecule has 2 rings (SSSR count). The lowest BCUT2D eigenvalue weighted by molar-refractivity contribution is 0.111. The van der Waals surface area contributed by atoms with E-state index in [1.807, 2.05) is 31.2 Å². The molecule has 0 aliphatic rings. The van der Waals surface area contributed by atoms with Crippen molar-refractivity contribution in [1.82, 2.24) is 9.97 Å². The molecule has 0 radical (unpaired) electrons. The summed E-state index contributed by atoms with van der Waals surface area (Å²) in [6, 6.07) is 9.19.